The molecular formula is C19H15N3O3. The van der Waals surface area contributed by atoms with Crippen LogP contribution in [0.3, 0.4) is 0 Å². The zero-order chi connectivity index (χ0) is 17.6. The molecule has 2 heterocycles. The highest BCUT2D eigenvalue weighted by Crippen LogP contribution is 2.27. The lowest BCUT2D eigenvalue weighted by Crippen LogP contribution is -2.49. The van der Waals surface area contributed by atoms with Crippen LogP contribution < -0.4 is 5.73 Å². The number of hydrogen-bond donors (Lipinski definition) is 2. The normalized spacial score (nSPS) is 14.8. The van der Waals surface area contributed by atoms with E-state index in [9.17, 15) is 14.4 Å². The maximum absolute atomic E-state index is 12.6. The van der Waals surface area contributed by atoms with Crippen LogP contribution in [0.25, 0.3) is 10.9 Å². The molecule has 0 fully saturated rings. The van der Waals surface area contributed by atoms with E-state index in [0.717, 1.165) is 21.4 Å². The molecule has 4 rings (SSSR count). The van der Waals surface area contributed by atoms with Gasteiger partial charge in [-0.3, -0.25) is 19.3 Å². The number of fused-ring (bicyclic) bond motifs is 2. The summed E-state index contributed by atoms with van der Waals surface area (Å²) in [7, 11) is 0. The minimum absolute atomic E-state index is 0.171. The predicted octanol–water partition coefficient (Wildman–Crippen LogP) is 1.86. The van der Waals surface area contributed by atoms with Crippen molar-refractivity contribution in [3.8, 4) is 0 Å². The third-order valence-electron chi connectivity index (χ3n) is 4.55. The first-order chi connectivity index (χ1) is 12.1. The van der Waals surface area contributed by atoms with Crippen LogP contribution in [0.1, 0.15) is 26.3 Å². The molecule has 6 nitrogen and oxygen atoms in total. The van der Waals surface area contributed by atoms with E-state index in [2.05, 4.69) is 4.98 Å². The molecule has 0 radical (unpaired) electrons. The van der Waals surface area contributed by atoms with Crippen molar-refractivity contribution >= 4 is 28.6 Å². The molecule has 1 atom stereocenters. The number of carbonyl (C=O) groups excluding carboxylic acids is 3. The van der Waals surface area contributed by atoms with Crippen LogP contribution in [0.15, 0.2) is 54.7 Å². The summed E-state index contributed by atoms with van der Waals surface area (Å²) < 4.78 is 0. The molecule has 1 aliphatic heterocycles. The largest absolute Gasteiger partial charge is 0.368 e. The van der Waals surface area contributed by atoms with E-state index < -0.39 is 23.8 Å². The van der Waals surface area contributed by atoms with Crippen LogP contribution in [0, 0.1) is 0 Å². The van der Waals surface area contributed by atoms with Crippen LogP contribution in [0.4, 0.5) is 0 Å². The zero-order valence-corrected chi connectivity index (χ0v) is 13.2. The number of hydrogen-bond acceptors (Lipinski definition) is 3. The number of rotatable bonds is 4. The summed E-state index contributed by atoms with van der Waals surface area (Å²) >= 11 is 0. The lowest BCUT2D eigenvalue weighted by atomic mass is 10.0. The van der Waals surface area contributed by atoms with Crippen LogP contribution in [-0.4, -0.2) is 33.6 Å². The number of H-pyrrole nitrogens is 1. The molecule has 2 aromatic carbocycles. The first-order valence-electron chi connectivity index (χ1n) is 7.89. The Labute approximate surface area is 143 Å². The summed E-state index contributed by atoms with van der Waals surface area (Å²) in [6.45, 7) is 0. The van der Waals surface area contributed by atoms with Gasteiger partial charge in [-0.1, -0.05) is 30.3 Å². The second-order valence-corrected chi connectivity index (χ2v) is 6.01. The number of imide groups is 1. The highest BCUT2D eigenvalue weighted by Gasteiger charge is 2.42. The minimum Gasteiger partial charge on any atom is -0.368 e. The molecule has 0 spiro atoms. The average Bonchev–Trinajstić information content (AvgIpc) is 3.13. The molecule has 0 unspecified atom stereocenters. The molecule has 3 amide bonds. The standard InChI is InChI=1S/C19H15N3O3/c20-17(23)16(9-11-10-21-15-8-4-3-5-12(11)15)22-18(24)13-6-1-2-7-14(13)19(22)25/h1-8,10,16,21H,9H2,(H2,20,23)/t16-/m0/s1. The highest BCUT2D eigenvalue weighted by molar-refractivity contribution is 6.22. The number of para-hydroxylation sites is 1. The number of benzene rings is 2. The molecule has 0 saturated carbocycles. The predicted molar refractivity (Wildman–Crippen MR) is 91.9 cm³/mol. The van der Waals surface area contributed by atoms with Gasteiger partial charge in [-0.05, 0) is 23.8 Å². The summed E-state index contributed by atoms with van der Waals surface area (Å²) in [5, 5.41) is 0.936. The smallest absolute Gasteiger partial charge is 0.262 e. The fourth-order valence-corrected chi connectivity index (χ4v) is 3.32. The van der Waals surface area contributed by atoms with E-state index in [1.165, 1.54) is 0 Å². The van der Waals surface area contributed by atoms with Crippen molar-refractivity contribution in [3.05, 3.63) is 71.4 Å². The van der Waals surface area contributed by atoms with E-state index in [1.807, 2.05) is 24.3 Å². The Morgan fingerprint density at radius 3 is 2.24 bits per heavy atom. The van der Waals surface area contributed by atoms with Gasteiger partial charge in [0.25, 0.3) is 11.8 Å². The van der Waals surface area contributed by atoms with Gasteiger partial charge in [-0.25, -0.2) is 0 Å². The number of aromatic nitrogens is 1. The Balaban J connectivity index is 1.73. The lowest BCUT2D eigenvalue weighted by molar-refractivity contribution is -0.121. The molecule has 0 saturated heterocycles. The first-order valence-corrected chi connectivity index (χ1v) is 7.89. The molecule has 25 heavy (non-hydrogen) atoms. The van der Waals surface area contributed by atoms with Crippen molar-refractivity contribution < 1.29 is 14.4 Å². The minimum atomic E-state index is -1.04. The number of nitrogens with one attached hydrogen (secondary N) is 1. The van der Waals surface area contributed by atoms with Crippen molar-refractivity contribution in [3.63, 3.8) is 0 Å². The summed E-state index contributed by atoms with van der Waals surface area (Å²) in [5.74, 6) is -1.67. The van der Waals surface area contributed by atoms with E-state index in [1.54, 1.807) is 30.5 Å². The van der Waals surface area contributed by atoms with Crippen molar-refractivity contribution in [2.24, 2.45) is 5.73 Å². The van der Waals surface area contributed by atoms with Crippen molar-refractivity contribution in [1.82, 2.24) is 9.88 Å². The van der Waals surface area contributed by atoms with Crippen LogP contribution in [0.2, 0.25) is 0 Å². The fourth-order valence-electron chi connectivity index (χ4n) is 3.32. The number of primary amides is 1. The second-order valence-electron chi connectivity index (χ2n) is 6.01. The van der Waals surface area contributed by atoms with Gasteiger partial charge in [0, 0.05) is 23.5 Å². The Kier molecular flexibility index (Phi) is 3.39. The Hall–Kier alpha value is -3.41. The van der Waals surface area contributed by atoms with Crippen molar-refractivity contribution in [1.29, 1.82) is 0 Å². The Bertz CT molecular complexity index is 986. The molecule has 0 aliphatic carbocycles. The summed E-state index contributed by atoms with van der Waals surface area (Å²) in [6.07, 6.45) is 1.95. The van der Waals surface area contributed by atoms with Crippen molar-refractivity contribution in [2.75, 3.05) is 0 Å². The van der Waals surface area contributed by atoms with Crippen LogP contribution in [0.5, 0.6) is 0 Å². The first kappa shape index (κ1) is 15.1. The fraction of sp³-hybridized carbons (Fsp3) is 0.105. The number of aromatic amines is 1. The molecular weight excluding hydrogens is 318 g/mol. The molecule has 3 N–H and O–H groups in total. The topological polar surface area (TPSA) is 96.3 Å². The van der Waals surface area contributed by atoms with Gasteiger partial charge in [0.15, 0.2) is 0 Å². The number of carbonyl (C=O) groups is 3. The quantitative estimate of drug-likeness (QED) is 0.713. The molecule has 3 aromatic rings. The van der Waals surface area contributed by atoms with E-state index in [4.69, 9.17) is 5.73 Å². The summed E-state index contributed by atoms with van der Waals surface area (Å²) in [6, 6.07) is 13.1. The summed E-state index contributed by atoms with van der Waals surface area (Å²) in [5.41, 5.74) is 7.90. The van der Waals surface area contributed by atoms with Gasteiger partial charge in [-0.15, -0.1) is 0 Å². The SMILES string of the molecule is NC(=O)[C@H](Cc1c[nH]c2ccccc12)N1C(=O)c2ccccc2C1=O. The molecule has 124 valence electrons. The summed E-state index contributed by atoms with van der Waals surface area (Å²) in [4.78, 5) is 41.4. The second kappa shape index (κ2) is 5.59. The molecule has 1 aliphatic rings. The van der Waals surface area contributed by atoms with Gasteiger partial charge in [0.05, 0.1) is 11.1 Å². The van der Waals surface area contributed by atoms with E-state index in [-0.39, 0.29) is 6.42 Å². The van der Waals surface area contributed by atoms with Crippen molar-refractivity contribution in [2.45, 2.75) is 12.5 Å². The van der Waals surface area contributed by atoms with Crippen LogP contribution >= 0.6 is 0 Å². The molecule has 1 aromatic heterocycles. The van der Waals surface area contributed by atoms with Gasteiger partial charge >= 0.3 is 0 Å². The van der Waals surface area contributed by atoms with Gasteiger partial charge < -0.3 is 10.7 Å². The van der Waals surface area contributed by atoms with E-state index >= 15 is 0 Å². The Morgan fingerprint density at radius 1 is 1.00 bits per heavy atom. The third kappa shape index (κ3) is 2.30. The monoisotopic (exact) mass is 333 g/mol. The van der Waals surface area contributed by atoms with Gasteiger partial charge in [-0.2, -0.15) is 0 Å². The molecule has 0 bridgehead atoms. The van der Waals surface area contributed by atoms with E-state index in [0.29, 0.717) is 11.1 Å². The number of nitrogens with zero attached hydrogens (tertiary/aromatic N) is 1. The van der Waals surface area contributed by atoms with Crippen LogP contribution in [-0.2, 0) is 11.2 Å². The number of amides is 3. The average molecular weight is 333 g/mol. The van der Waals surface area contributed by atoms with Gasteiger partial charge in [0.1, 0.15) is 6.04 Å². The maximum atomic E-state index is 12.6. The Morgan fingerprint density at radius 2 is 1.60 bits per heavy atom. The van der Waals surface area contributed by atoms with Gasteiger partial charge in [0.2, 0.25) is 5.91 Å². The lowest BCUT2D eigenvalue weighted by Gasteiger charge is -2.23. The maximum Gasteiger partial charge on any atom is 0.262 e. The number of nitrogens with two attached hydrogens (primary N) is 1. The molecule has 6 heteroatoms. The third-order valence-corrected chi connectivity index (χ3v) is 4.55. The zero-order valence-electron chi connectivity index (χ0n) is 13.2. The highest BCUT2D eigenvalue weighted by atomic mass is 16.2.